The summed E-state index contributed by atoms with van der Waals surface area (Å²) in [7, 11) is 1.53. The lowest BCUT2D eigenvalue weighted by molar-refractivity contribution is 0.249. The summed E-state index contributed by atoms with van der Waals surface area (Å²) in [6.45, 7) is 0.309. The van der Waals surface area contributed by atoms with E-state index in [4.69, 9.17) is 38.4 Å². The fourth-order valence-electron chi connectivity index (χ4n) is 1.84. The summed E-state index contributed by atoms with van der Waals surface area (Å²) >= 11 is 11.9. The summed E-state index contributed by atoms with van der Waals surface area (Å²) in [5, 5.41) is 4.65. The number of carbonyl (C=O) groups excluding carboxylic acids is 1. The predicted octanol–water partition coefficient (Wildman–Crippen LogP) is 3.58. The molecule has 24 heavy (non-hydrogen) atoms. The smallest absolute Gasteiger partial charge is 0.332 e. The standard InChI is InChI=1S/C16H15Cl2N3O3/c1-23-15-7-10(8-20-21-16(19)22)3-5-14(15)24-9-11-2-4-12(17)13(18)6-11/h2-8H,9H2,1H3,(H3,19,21,22)/b20-8+. The summed E-state index contributed by atoms with van der Waals surface area (Å²) in [5.74, 6) is 1.08. The van der Waals surface area contributed by atoms with Crippen LogP contribution in [0.25, 0.3) is 0 Å². The Morgan fingerprint density at radius 3 is 2.67 bits per heavy atom. The molecule has 0 fully saturated rings. The van der Waals surface area contributed by atoms with Crippen LogP contribution in [-0.2, 0) is 6.61 Å². The van der Waals surface area contributed by atoms with Crippen LogP contribution in [0.1, 0.15) is 11.1 Å². The number of hydrogen-bond donors (Lipinski definition) is 2. The molecule has 0 heterocycles. The van der Waals surface area contributed by atoms with Crippen LogP contribution in [0, 0.1) is 0 Å². The second-order valence-electron chi connectivity index (χ2n) is 4.68. The molecule has 0 aliphatic carbocycles. The second kappa shape index (κ2) is 8.42. The van der Waals surface area contributed by atoms with Crippen molar-refractivity contribution < 1.29 is 14.3 Å². The number of hydrazone groups is 1. The molecule has 126 valence electrons. The molecule has 2 amide bonds. The molecule has 6 nitrogen and oxygen atoms in total. The van der Waals surface area contributed by atoms with Gasteiger partial charge in [-0.25, -0.2) is 10.2 Å². The van der Waals surface area contributed by atoms with E-state index in [-0.39, 0.29) is 0 Å². The average molecular weight is 368 g/mol. The Bertz CT molecular complexity index is 766. The highest BCUT2D eigenvalue weighted by Gasteiger charge is 2.07. The number of methoxy groups -OCH3 is 1. The van der Waals surface area contributed by atoms with Crippen LogP contribution < -0.4 is 20.6 Å². The van der Waals surface area contributed by atoms with Crippen LogP contribution >= 0.6 is 23.2 Å². The van der Waals surface area contributed by atoms with Gasteiger partial charge in [0.1, 0.15) is 6.61 Å². The van der Waals surface area contributed by atoms with E-state index in [1.807, 2.05) is 6.07 Å². The lowest BCUT2D eigenvalue weighted by Gasteiger charge is -2.11. The van der Waals surface area contributed by atoms with Gasteiger partial charge in [0.2, 0.25) is 0 Å². The van der Waals surface area contributed by atoms with Gasteiger partial charge in [0, 0.05) is 0 Å². The number of nitrogens with zero attached hydrogens (tertiary/aromatic N) is 1. The van der Waals surface area contributed by atoms with E-state index < -0.39 is 6.03 Å². The van der Waals surface area contributed by atoms with E-state index in [1.165, 1.54) is 13.3 Å². The van der Waals surface area contributed by atoms with Gasteiger partial charge in [-0.05, 0) is 41.5 Å². The molecule has 2 aromatic carbocycles. The normalized spacial score (nSPS) is 10.6. The topological polar surface area (TPSA) is 85.9 Å². The van der Waals surface area contributed by atoms with Gasteiger partial charge in [0.15, 0.2) is 11.5 Å². The van der Waals surface area contributed by atoms with E-state index in [0.717, 1.165) is 5.56 Å². The predicted molar refractivity (Wildman–Crippen MR) is 94.1 cm³/mol. The number of urea groups is 1. The van der Waals surface area contributed by atoms with Crippen molar-refractivity contribution in [1.29, 1.82) is 0 Å². The molecule has 0 aliphatic heterocycles. The van der Waals surface area contributed by atoms with E-state index >= 15 is 0 Å². The molecule has 0 saturated heterocycles. The minimum Gasteiger partial charge on any atom is -0.493 e. The summed E-state index contributed by atoms with van der Waals surface area (Å²) in [4.78, 5) is 10.6. The van der Waals surface area contributed by atoms with Crippen molar-refractivity contribution in [2.75, 3.05) is 7.11 Å². The number of halogens is 2. The first-order valence-corrected chi connectivity index (χ1v) is 7.58. The molecule has 0 spiro atoms. The zero-order valence-electron chi connectivity index (χ0n) is 12.8. The summed E-state index contributed by atoms with van der Waals surface area (Å²) < 4.78 is 11.0. The number of amides is 2. The summed E-state index contributed by atoms with van der Waals surface area (Å²) in [5.41, 5.74) is 8.63. The van der Waals surface area contributed by atoms with E-state index in [2.05, 4.69) is 10.5 Å². The second-order valence-corrected chi connectivity index (χ2v) is 5.50. The van der Waals surface area contributed by atoms with Crippen molar-refractivity contribution >= 4 is 35.4 Å². The lowest BCUT2D eigenvalue weighted by atomic mass is 10.2. The maximum atomic E-state index is 10.6. The number of nitrogens with one attached hydrogen (secondary N) is 1. The van der Waals surface area contributed by atoms with Crippen LogP contribution in [-0.4, -0.2) is 19.4 Å². The van der Waals surface area contributed by atoms with Gasteiger partial charge in [-0.2, -0.15) is 5.10 Å². The highest BCUT2D eigenvalue weighted by molar-refractivity contribution is 6.42. The van der Waals surface area contributed by atoms with Gasteiger partial charge >= 0.3 is 6.03 Å². The molecular formula is C16H15Cl2N3O3. The first-order chi connectivity index (χ1) is 11.5. The van der Waals surface area contributed by atoms with Gasteiger partial charge < -0.3 is 15.2 Å². The number of primary amides is 1. The highest BCUT2D eigenvalue weighted by atomic mass is 35.5. The van der Waals surface area contributed by atoms with Gasteiger partial charge in [0.25, 0.3) is 0 Å². The Kier molecular flexibility index (Phi) is 6.28. The zero-order chi connectivity index (χ0) is 17.5. The van der Waals surface area contributed by atoms with Crippen LogP contribution in [0.3, 0.4) is 0 Å². The van der Waals surface area contributed by atoms with Crippen LogP contribution in [0.15, 0.2) is 41.5 Å². The first-order valence-electron chi connectivity index (χ1n) is 6.83. The molecule has 0 aromatic heterocycles. The van der Waals surface area contributed by atoms with Gasteiger partial charge in [-0.1, -0.05) is 29.3 Å². The van der Waals surface area contributed by atoms with E-state index in [1.54, 1.807) is 30.3 Å². The maximum absolute atomic E-state index is 10.6. The van der Waals surface area contributed by atoms with Crippen LogP contribution in [0.2, 0.25) is 10.0 Å². The molecule has 0 saturated carbocycles. The van der Waals surface area contributed by atoms with Gasteiger partial charge in [0.05, 0.1) is 23.4 Å². The average Bonchev–Trinajstić information content (AvgIpc) is 2.56. The fraction of sp³-hybridized carbons (Fsp3) is 0.125. The minimum atomic E-state index is -0.736. The number of rotatable bonds is 6. The maximum Gasteiger partial charge on any atom is 0.332 e. The quantitative estimate of drug-likeness (QED) is 0.604. The third-order valence-electron chi connectivity index (χ3n) is 2.95. The number of hydrogen-bond acceptors (Lipinski definition) is 4. The third-order valence-corrected chi connectivity index (χ3v) is 3.69. The number of carbonyl (C=O) groups is 1. The van der Waals surface area contributed by atoms with Gasteiger partial charge in [-0.15, -0.1) is 0 Å². The molecule has 2 rings (SSSR count). The summed E-state index contributed by atoms with van der Waals surface area (Å²) in [6.07, 6.45) is 1.44. The molecule has 8 heteroatoms. The molecular weight excluding hydrogens is 353 g/mol. The van der Waals surface area contributed by atoms with Crippen molar-refractivity contribution in [3.05, 3.63) is 57.6 Å². The largest absolute Gasteiger partial charge is 0.493 e. The monoisotopic (exact) mass is 367 g/mol. The molecule has 0 bridgehead atoms. The number of nitrogens with two attached hydrogens (primary N) is 1. The van der Waals surface area contributed by atoms with Crippen molar-refractivity contribution in [3.63, 3.8) is 0 Å². The van der Waals surface area contributed by atoms with E-state index in [0.29, 0.717) is 33.7 Å². The Labute approximate surface area is 149 Å². The van der Waals surface area contributed by atoms with Crippen molar-refractivity contribution in [2.24, 2.45) is 10.8 Å². The van der Waals surface area contributed by atoms with Crippen molar-refractivity contribution in [3.8, 4) is 11.5 Å². The Hall–Kier alpha value is -2.44. The first kappa shape index (κ1) is 17.9. The SMILES string of the molecule is COc1cc(/C=N/NC(N)=O)ccc1OCc1ccc(Cl)c(Cl)c1. The van der Waals surface area contributed by atoms with E-state index in [9.17, 15) is 4.79 Å². The van der Waals surface area contributed by atoms with Gasteiger partial charge in [-0.3, -0.25) is 0 Å². The molecule has 2 aromatic rings. The minimum absolute atomic E-state index is 0.309. The third kappa shape index (κ3) is 5.04. The number of benzene rings is 2. The number of ether oxygens (including phenoxy) is 2. The highest BCUT2D eigenvalue weighted by Crippen LogP contribution is 2.29. The molecule has 3 N–H and O–H groups in total. The molecule has 0 atom stereocenters. The Morgan fingerprint density at radius 2 is 2.00 bits per heavy atom. The molecule has 0 radical (unpaired) electrons. The van der Waals surface area contributed by atoms with Crippen molar-refractivity contribution in [2.45, 2.75) is 6.61 Å². The Morgan fingerprint density at radius 1 is 1.21 bits per heavy atom. The zero-order valence-corrected chi connectivity index (χ0v) is 14.3. The molecule has 0 unspecified atom stereocenters. The molecule has 0 aliphatic rings. The van der Waals surface area contributed by atoms with Crippen LogP contribution in [0.4, 0.5) is 4.79 Å². The Balaban J connectivity index is 2.08. The summed E-state index contributed by atoms with van der Waals surface area (Å²) in [6, 6.07) is 9.77. The fourth-order valence-corrected chi connectivity index (χ4v) is 2.17. The lowest BCUT2D eigenvalue weighted by Crippen LogP contribution is -2.24. The van der Waals surface area contributed by atoms with Crippen molar-refractivity contribution in [1.82, 2.24) is 5.43 Å². The van der Waals surface area contributed by atoms with Crippen LogP contribution in [0.5, 0.6) is 11.5 Å².